The van der Waals surface area contributed by atoms with Gasteiger partial charge in [-0.2, -0.15) is 0 Å². The van der Waals surface area contributed by atoms with Gasteiger partial charge in [-0.15, -0.1) is 0 Å². The first kappa shape index (κ1) is 12.1. The van der Waals surface area contributed by atoms with Crippen LogP contribution in [0.5, 0.6) is 0 Å². The Labute approximate surface area is 111 Å². The summed E-state index contributed by atoms with van der Waals surface area (Å²) >= 11 is 0. The average molecular weight is 256 g/mol. The van der Waals surface area contributed by atoms with E-state index >= 15 is 0 Å². The van der Waals surface area contributed by atoms with Crippen molar-refractivity contribution in [3.63, 3.8) is 0 Å². The molecule has 0 aliphatic heterocycles. The quantitative estimate of drug-likeness (QED) is 0.683. The molecule has 0 spiro atoms. The lowest BCUT2D eigenvalue weighted by Crippen LogP contribution is -1.88. The Morgan fingerprint density at radius 2 is 1.53 bits per heavy atom. The molecule has 19 heavy (non-hydrogen) atoms. The number of rotatable bonds is 2. The zero-order valence-electron chi connectivity index (χ0n) is 10.7. The second-order valence-corrected chi connectivity index (χ2v) is 5.03. The van der Waals surface area contributed by atoms with Crippen LogP contribution in [0, 0.1) is 6.92 Å². The van der Waals surface area contributed by atoms with E-state index in [9.17, 15) is 8.78 Å². The fraction of sp³-hybridized carbons (Fsp3) is 0.176. The second-order valence-electron chi connectivity index (χ2n) is 5.03. The molecule has 96 valence electrons. The van der Waals surface area contributed by atoms with E-state index in [4.69, 9.17) is 0 Å². The first-order valence-electron chi connectivity index (χ1n) is 6.35. The van der Waals surface area contributed by atoms with Gasteiger partial charge in [0.05, 0.1) is 0 Å². The summed E-state index contributed by atoms with van der Waals surface area (Å²) in [5.74, 6) is -1.38. The zero-order chi connectivity index (χ0) is 13.4. The fourth-order valence-electron chi connectivity index (χ4n) is 2.45. The molecule has 0 saturated heterocycles. The highest BCUT2D eigenvalue weighted by Crippen LogP contribution is 2.38. The zero-order valence-corrected chi connectivity index (χ0v) is 10.7. The minimum absolute atomic E-state index is 0.0900. The number of aryl methyl sites for hydroxylation is 1. The molecule has 2 aliphatic rings. The third kappa shape index (κ3) is 2.30. The van der Waals surface area contributed by atoms with Crippen LogP contribution >= 0.6 is 0 Å². The Morgan fingerprint density at radius 3 is 2.16 bits per heavy atom. The van der Waals surface area contributed by atoms with Gasteiger partial charge in [-0.3, -0.25) is 0 Å². The Hall–Kier alpha value is -1.96. The van der Waals surface area contributed by atoms with E-state index in [1.807, 2.05) is 12.2 Å². The molecule has 0 N–H and O–H groups in total. The highest BCUT2D eigenvalue weighted by atomic mass is 19.2. The first-order chi connectivity index (χ1) is 9.13. The van der Waals surface area contributed by atoms with Gasteiger partial charge in [-0.05, 0) is 41.7 Å². The van der Waals surface area contributed by atoms with Crippen molar-refractivity contribution in [2.75, 3.05) is 0 Å². The van der Waals surface area contributed by atoms with Gasteiger partial charge in [0.15, 0.2) is 5.83 Å². The van der Waals surface area contributed by atoms with Crippen molar-refractivity contribution in [2.24, 2.45) is 0 Å². The first-order valence-corrected chi connectivity index (χ1v) is 6.35. The number of benzene rings is 1. The molecule has 0 atom stereocenters. The maximum Gasteiger partial charge on any atom is 0.155 e. The van der Waals surface area contributed by atoms with Crippen LogP contribution in [0.2, 0.25) is 0 Å². The van der Waals surface area contributed by atoms with Crippen molar-refractivity contribution >= 4 is 5.57 Å². The molecule has 0 amide bonds. The molecule has 0 heterocycles. The van der Waals surface area contributed by atoms with E-state index in [1.165, 1.54) is 22.8 Å². The van der Waals surface area contributed by atoms with Gasteiger partial charge in [-0.1, -0.05) is 42.0 Å². The van der Waals surface area contributed by atoms with Crippen molar-refractivity contribution < 1.29 is 8.78 Å². The summed E-state index contributed by atoms with van der Waals surface area (Å²) < 4.78 is 26.2. The lowest BCUT2D eigenvalue weighted by atomic mass is 9.98. The molecule has 0 unspecified atom stereocenters. The van der Waals surface area contributed by atoms with Gasteiger partial charge < -0.3 is 0 Å². The summed E-state index contributed by atoms with van der Waals surface area (Å²) in [4.78, 5) is 0. The van der Waals surface area contributed by atoms with Crippen LogP contribution in [-0.2, 0) is 0 Å². The van der Waals surface area contributed by atoms with Crippen LogP contribution in [0.4, 0.5) is 8.78 Å². The van der Waals surface area contributed by atoms with Crippen molar-refractivity contribution in [3.8, 4) is 0 Å². The summed E-state index contributed by atoms with van der Waals surface area (Å²) in [6, 6.07) is 8.31. The Balaban J connectivity index is 1.73. The summed E-state index contributed by atoms with van der Waals surface area (Å²) in [6.45, 7) is 2.05. The lowest BCUT2D eigenvalue weighted by molar-refractivity contribution is 0.551. The van der Waals surface area contributed by atoms with Gasteiger partial charge in [0, 0.05) is 6.42 Å². The molecule has 0 radical (unpaired) electrons. The van der Waals surface area contributed by atoms with Crippen molar-refractivity contribution in [2.45, 2.75) is 19.8 Å². The molecule has 0 bridgehead atoms. The normalized spacial score (nSPS) is 18.6. The standard InChI is InChI=1S/C17H14F2/c1-11-2-4-12(5-3-11)13-6-7-14(8-13)15-9-16(18)17(19)10-15/h2-7,9H,8,10H2,1H3. The second kappa shape index (κ2) is 4.61. The van der Waals surface area contributed by atoms with E-state index in [0.29, 0.717) is 0 Å². The van der Waals surface area contributed by atoms with Crippen molar-refractivity contribution in [1.29, 1.82) is 0 Å². The molecule has 0 fully saturated rings. The Bertz CT molecular complexity index is 640. The largest absolute Gasteiger partial charge is 0.208 e. The summed E-state index contributed by atoms with van der Waals surface area (Å²) in [6.07, 6.45) is 6.15. The van der Waals surface area contributed by atoms with E-state index in [0.717, 1.165) is 17.6 Å². The van der Waals surface area contributed by atoms with Gasteiger partial charge in [0.1, 0.15) is 5.83 Å². The maximum absolute atomic E-state index is 13.1. The van der Waals surface area contributed by atoms with E-state index in [1.54, 1.807) is 0 Å². The average Bonchev–Trinajstić information content (AvgIpc) is 2.99. The van der Waals surface area contributed by atoms with E-state index < -0.39 is 11.7 Å². The molecule has 0 saturated carbocycles. The maximum atomic E-state index is 13.1. The van der Waals surface area contributed by atoms with Crippen LogP contribution in [0.1, 0.15) is 24.0 Å². The highest BCUT2D eigenvalue weighted by molar-refractivity contribution is 5.74. The molecule has 0 nitrogen and oxygen atoms in total. The topological polar surface area (TPSA) is 0 Å². The van der Waals surface area contributed by atoms with Gasteiger partial charge in [-0.25, -0.2) is 8.78 Å². The van der Waals surface area contributed by atoms with Gasteiger partial charge in [0.2, 0.25) is 0 Å². The number of allylic oxidation sites excluding steroid dienone is 8. The third-order valence-corrected chi connectivity index (χ3v) is 3.61. The molecule has 1 aromatic carbocycles. The van der Waals surface area contributed by atoms with Crippen molar-refractivity contribution in [1.82, 2.24) is 0 Å². The van der Waals surface area contributed by atoms with Crippen molar-refractivity contribution in [3.05, 3.63) is 76.4 Å². The molecule has 0 aromatic heterocycles. The smallest absolute Gasteiger partial charge is 0.155 e. The Morgan fingerprint density at radius 1 is 0.842 bits per heavy atom. The molecule has 3 rings (SSSR count). The summed E-state index contributed by atoms with van der Waals surface area (Å²) in [5, 5.41) is 0. The number of hydrogen-bond acceptors (Lipinski definition) is 0. The minimum atomic E-state index is -0.723. The molecule has 2 heteroatoms. The van der Waals surface area contributed by atoms with Crippen LogP contribution < -0.4 is 0 Å². The number of halogens is 2. The minimum Gasteiger partial charge on any atom is -0.208 e. The predicted octanol–water partition coefficient (Wildman–Crippen LogP) is 5.19. The third-order valence-electron chi connectivity index (χ3n) is 3.61. The van der Waals surface area contributed by atoms with Crippen LogP contribution in [-0.4, -0.2) is 0 Å². The van der Waals surface area contributed by atoms with Crippen LogP contribution in [0.15, 0.2) is 65.3 Å². The predicted molar refractivity (Wildman–Crippen MR) is 73.8 cm³/mol. The van der Waals surface area contributed by atoms with E-state index in [-0.39, 0.29) is 6.42 Å². The van der Waals surface area contributed by atoms with Crippen LogP contribution in [0.3, 0.4) is 0 Å². The molecular weight excluding hydrogens is 242 g/mol. The monoisotopic (exact) mass is 256 g/mol. The van der Waals surface area contributed by atoms with Gasteiger partial charge in [0.25, 0.3) is 0 Å². The van der Waals surface area contributed by atoms with Crippen LogP contribution in [0.25, 0.3) is 5.57 Å². The lowest BCUT2D eigenvalue weighted by Gasteiger charge is -2.07. The molecule has 1 aromatic rings. The number of hydrogen-bond donors (Lipinski definition) is 0. The SMILES string of the molecule is Cc1ccc(C2=CC=C(C3=CC(F)=C(F)C3)C2)cc1. The van der Waals surface area contributed by atoms with Gasteiger partial charge >= 0.3 is 0 Å². The fourth-order valence-corrected chi connectivity index (χ4v) is 2.45. The highest BCUT2D eigenvalue weighted by Gasteiger charge is 2.21. The summed E-state index contributed by atoms with van der Waals surface area (Å²) in [5.41, 5.74) is 5.36. The summed E-state index contributed by atoms with van der Waals surface area (Å²) in [7, 11) is 0. The van der Waals surface area contributed by atoms with E-state index in [2.05, 4.69) is 31.2 Å². The molecular formula is C17H14F2. The Kier molecular flexibility index (Phi) is 2.94. The molecule has 2 aliphatic carbocycles.